The van der Waals surface area contributed by atoms with E-state index in [2.05, 4.69) is 20.6 Å². The molecule has 6 N–H and O–H groups in total. The highest BCUT2D eigenvalue weighted by molar-refractivity contribution is 6.05. The molecule has 1 heterocycles. The first kappa shape index (κ1) is 34.2. The van der Waals surface area contributed by atoms with Gasteiger partial charge in [0.2, 0.25) is 0 Å². The normalized spacial score (nSPS) is 11.7. The molecule has 0 saturated heterocycles. The molecular weight excluding hydrogens is 604 g/mol. The molecule has 1 aromatic heterocycles. The zero-order chi connectivity index (χ0) is 34.0. The summed E-state index contributed by atoms with van der Waals surface area (Å²) in [5, 5.41) is 4.37. The monoisotopic (exact) mass is 632 g/mol. The lowest BCUT2D eigenvalue weighted by Crippen LogP contribution is -2.45. The summed E-state index contributed by atoms with van der Waals surface area (Å²) in [6, 6.07) is 11.7. The average Bonchev–Trinajstić information content (AvgIpc) is 3.01. The third-order valence-corrected chi connectivity index (χ3v) is 5.95. The van der Waals surface area contributed by atoms with Crippen LogP contribution in [0.3, 0.4) is 0 Å². The van der Waals surface area contributed by atoms with Crippen molar-refractivity contribution >= 4 is 58.9 Å². The van der Waals surface area contributed by atoms with Crippen LogP contribution >= 0.6 is 0 Å². The summed E-state index contributed by atoms with van der Waals surface area (Å²) in [6.07, 6.45) is -1.12. The molecular formula is C30H28N6O10. The molecule has 0 spiro atoms. The number of nitrogens with zero attached hydrogens (tertiary/aromatic N) is 2. The topological polar surface area (TPSA) is 257 Å². The number of amides is 2. The molecule has 3 aromatic rings. The lowest BCUT2D eigenvalue weighted by molar-refractivity contribution is -0.142. The van der Waals surface area contributed by atoms with E-state index in [0.29, 0.717) is 0 Å². The van der Waals surface area contributed by atoms with E-state index < -0.39 is 95.2 Å². The number of esters is 4. The van der Waals surface area contributed by atoms with Crippen LogP contribution in [0.15, 0.2) is 60.7 Å². The Balaban J connectivity index is 1.76. The van der Waals surface area contributed by atoms with E-state index in [0.717, 1.165) is 13.8 Å². The molecule has 238 valence electrons. The maximum atomic E-state index is 13.0. The summed E-state index contributed by atoms with van der Waals surface area (Å²) in [6.45, 7) is 2.27. The maximum Gasteiger partial charge on any atom is 0.345 e. The molecule has 16 nitrogen and oxygen atoms in total. The summed E-state index contributed by atoms with van der Waals surface area (Å²) in [5.41, 5.74) is 10.5. The number of hydrogen-bond acceptors (Lipinski definition) is 14. The highest BCUT2D eigenvalue weighted by atomic mass is 16.6. The summed E-state index contributed by atoms with van der Waals surface area (Å²) in [4.78, 5) is 107. The number of carbonyl (C=O) groups excluding carboxylic acids is 8. The zero-order valence-electron chi connectivity index (χ0n) is 24.5. The summed E-state index contributed by atoms with van der Waals surface area (Å²) in [7, 11) is 0. The summed E-state index contributed by atoms with van der Waals surface area (Å²) in [5.74, 6) is -9.24. The molecule has 0 radical (unpaired) electrons. The Morgan fingerprint density at radius 2 is 0.935 bits per heavy atom. The number of Topliss-reactive ketones (excluding diaryl/α,β-unsaturated/α-hetero) is 2. The second-order valence-corrected chi connectivity index (χ2v) is 9.70. The molecule has 3 rings (SSSR count). The predicted molar refractivity (Wildman–Crippen MR) is 158 cm³/mol. The van der Waals surface area contributed by atoms with Crippen molar-refractivity contribution in [3.63, 3.8) is 0 Å². The standard InChI is InChI=1S/C30H28N6O10/c1-15(37)13-19(29(43)45-27(41)17-9-5-3-6-10-17)33-25(39)21-23(31)36-22(24(32)35-21)26(40)34-20(14-16(2)38)30(44)46-28(42)18-11-7-4-8-12-18/h3-12,19-20H,13-14H2,1-2H3,(H2,32,35)(H2,31,36)(H,33,39)(H,34,40)/t19-,20-/m1/s1. The van der Waals surface area contributed by atoms with Crippen LogP contribution < -0.4 is 22.1 Å². The van der Waals surface area contributed by atoms with Crippen molar-refractivity contribution in [3.8, 4) is 0 Å². The molecule has 0 aliphatic carbocycles. The second-order valence-electron chi connectivity index (χ2n) is 9.70. The second kappa shape index (κ2) is 15.4. The van der Waals surface area contributed by atoms with Crippen LogP contribution in [0.5, 0.6) is 0 Å². The van der Waals surface area contributed by atoms with Gasteiger partial charge in [-0.3, -0.25) is 19.2 Å². The van der Waals surface area contributed by atoms with Crippen LogP contribution in [0, 0.1) is 0 Å². The average molecular weight is 633 g/mol. The highest BCUT2D eigenvalue weighted by Gasteiger charge is 2.31. The number of carbonyl (C=O) groups is 8. The molecule has 0 unspecified atom stereocenters. The molecule has 0 aliphatic rings. The molecule has 0 aliphatic heterocycles. The number of ketones is 2. The Hall–Kier alpha value is -6.32. The van der Waals surface area contributed by atoms with Gasteiger partial charge < -0.3 is 31.6 Å². The molecule has 0 fully saturated rings. The van der Waals surface area contributed by atoms with Crippen LogP contribution in [-0.2, 0) is 28.7 Å². The minimum Gasteiger partial charge on any atom is -0.388 e. The van der Waals surface area contributed by atoms with Gasteiger partial charge in [-0.25, -0.2) is 29.1 Å². The van der Waals surface area contributed by atoms with E-state index in [1.54, 1.807) is 12.1 Å². The van der Waals surface area contributed by atoms with Crippen LogP contribution in [0.2, 0.25) is 0 Å². The number of aromatic nitrogens is 2. The predicted octanol–water partition coefficient (Wildman–Crippen LogP) is 0.563. The summed E-state index contributed by atoms with van der Waals surface area (Å²) < 4.78 is 9.60. The molecule has 46 heavy (non-hydrogen) atoms. The molecule has 2 atom stereocenters. The van der Waals surface area contributed by atoms with Crippen molar-refractivity contribution in [3.05, 3.63) is 83.2 Å². The molecule has 0 bridgehead atoms. The Morgan fingerprint density at radius 1 is 0.609 bits per heavy atom. The van der Waals surface area contributed by atoms with E-state index >= 15 is 0 Å². The Morgan fingerprint density at radius 3 is 1.24 bits per heavy atom. The smallest absolute Gasteiger partial charge is 0.345 e. The van der Waals surface area contributed by atoms with Crippen LogP contribution in [0.4, 0.5) is 11.6 Å². The maximum absolute atomic E-state index is 13.0. The Bertz CT molecular complexity index is 1570. The molecule has 0 saturated carbocycles. The first-order valence-electron chi connectivity index (χ1n) is 13.4. The van der Waals surface area contributed by atoms with Crippen molar-refractivity contribution in [2.45, 2.75) is 38.8 Å². The van der Waals surface area contributed by atoms with Gasteiger partial charge in [0.1, 0.15) is 23.7 Å². The van der Waals surface area contributed by atoms with Gasteiger partial charge >= 0.3 is 23.9 Å². The minimum absolute atomic E-state index is 0.0436. The van der Waals surface area contributed by atoms with E-state index in [-0.39, 0.29) is 11.1 Å². The molecule has 16 heteroatoms. The zero-order valence-corrected chi connectivity index (χ0v) is 24.5. The van der Waals surface area contributed by atoms with Crippen LogP contribution in [0.1, 0.15) is 68.4 Å². The Kier molecular flexibility index (Phi) is 11.5. The van der Waals surface area contributed by atoms with Crippen LogP contribution in [-0.4, -0.2) is 69.3 Å². The minimum atomic E-state index is -1.64. The van der Waals surface area contributed by atoms with E-state index in [1.165, 1.54) is 48.5 Å². The fraction of sp³-hybridized carbons (Fsp3) is 0.200. The largest absolute Gasteiger partial charge is 0.388 e. The number of ether oxygens (including phenoxy) is 2. The SMILES string of the molecule is CC(=O)C[C@@H](NC(=O)c1nc(N)c(C(=O)N[C@H](CC(C)=O)C(=O)OC(=O)c2ccccc2)nc1N)C(=O)OC(=O)c1ccccc1. The highest BCUT2D eigenvalue weighted by Crippen LogP contribution is 2.15. The number of nitrogen functional groups attached to an aromatic ring is 2. The molecule has 2 amide bonds. The quantitative estimate of drug-likeness (QED) is 0.157. The number of anilines is 2. The van der Waals surface area contributed by atoms with Gasteiger partial charge in [-0.1, -0.05) is 36.4 Å². The van der Waals surface area contributed by atoms with Gasteiger partial charge in [-0.15, -0.1) is 0 Å². The number of benzene rings is 2. The number of nitrogens with one attached hydrogen (secondary N) is 2. The van der Waals surface area contributed by atoms with Gasteiger partial charge in [0.05, 0.1) is 11.1 Å². The lowest BCUT2D eigenvalue weighted by Gasteiger charge is -2.18. The van der Waals surface area contributed by atoms with Gasteiger partial charge in [0, 0.05) is 12.8 Å². The fourth-order valence-electron chi connectivity index (χ4n) is 3.80. The van der Waals surface area contributed by atoms with Crippen molar-refractivity contribution in [1.82, 2.24) is 20.6 Å². The van der Waals surface area contributed by atoms with Crippen molar-refractivity contribution in [2.75, 3.05) is 11.5 Å². The number of nitrogens with two attached hydrogens (primary N) is 2. The third kappa shape index (κ3) is 9.34. The first-order valence-corrected chi connectivity index (χ1v) is 13.4. The van der Waals surface area contributed by atoms with Crippen LogP contribution in [0.25, 0.3) is 0 Å². The van der Waals surface area contributed by atoms with Crippen molar-refractivity contribution in [2.24, 2.45) is 0 Å². The third-order valence-electron chi connectivity index (χ3n) is 5.95. The number of hydrogen-bond donors (Lipinski definition) is 4. The lowest BCUT2D eigenvalue weighted by atomic mass is 10.1. The molecule has 2 aromatic carbocycles. The van der Waals surface area contributed by atoms with Gasteiger partial charge in [-0.05, 0) is 38.1 Å². The van der Waals surface area contributed by atoms with E-state index in [9.17, 15) is 38.4 Å². The fourth-order valence-corrected chi connectivity index (χ4v) is 3.80. The Labute approximate surface area is 260 Å². The van der Waals surface area contributed by atoms with Crippen molar-refractivity contribution in [1.29, 1.82) is 0 Å². The first-order chi connectivity index (χ1) is 21.8. The van der Waals surface area contributed by atoms with Gasteiger partial charge in [-0.2, -0.15) is 0 Å². The van der Waals surface area contributed by atoms with E-state index in [4.69, 9.17) is 20.9 Å². The van der Waals surface area contributed by atoms with Gasteiger partial charge in [0.15, 0.2) is 23.0 Å². The summed E-state index contributed by atoms with van der Waals surface area (Å²) >= 11 is 0. The van der Waals surface area contributed by atoms with E-state index in [1.807, 2.05) is 0 Å². The van der Waals surface area contributed by atoms with Crippen molar-refractivity contribution < 1.29 is 47.8 Å². The van der Waals surface area contributed by atoms with Gasteiger partial charge in [0.25, 0.3) is 11.8 Å². The number of rotatable bonds is 12.